The topological polar surface area (TPSA) is 46.5 Å². The van der Waals surface area contributed by atoms with Gasteiger partial charge in [-0.25, -0.2) is 0 Å². The highest BCUT2D eigenvalue weighted by atomic mass is 16.6. The Bertz CT molecular complexity index is 268. The normalized spacial score (nSPS) is 38.9. The van der Waals surface area contributed by atoms with E-state index >= 15 is 0 Å². The van der Waals surface area contributed by atoms with E-state index in [-0.39, 0.29) is 19.3 Å². The second-order valence-corrected chi connectivity index (χ2v) is 4.01. The number of carbonyl (C=O) groups excluding carboxylic acids is 1. The number of esters is 1. The minimum Gasteiger partial charge on any atom is -0.460 e. The molecule has 0 aromatic heterocycles. The van der Waals surface area contributed by atoms with Crippen molar-refractivity contribution in [1.29, 1.82) is 0 Å². The van der Waals surface area contributed by atoms with Gasteiger partial charge in [0.1, 0.15) is 6.08 Å². The van der Waals surface area contributed by atoms with Gasteiger partial charge in [-0.1, -0.05) is 26.2 Å². The highest BCUT2D eigenvalue weighted by molar-refractivity contribution is 5.69. The molecule has 3 nitrogen and oxygen atoms in total. The van der Waals surface area contributed by atoms with E-state index in [0.717, 1.165) is 19.3 Å². The summed E-state index contributed by atoms with van der Waals surface area (Å²) in [5.74, 6) is -0.473. The Morgan fingerprint density at radius 1 is 1.53 bits per heavy atom. The average molecular weight is 216 g/mol. The Morgan fingerprint density at radius 2 is 2.33 bits per heavy atom. The van der Waals surface area contributed by atoms with Crippen LogP contribution in [0.4, 0.5) is 0 Å². The van der Waals surface area contributed by atoms with Crippen LogP contribution in [0.2, 0.25) is 0 Å². The van der Waals surface area contributed by atoms with Crippen molar-refractivity contribution in [1.82, 2.24) is 0 Å². The van der Waals surface area contributed by atoms with Gasteiger partial charge in [0.25, 0.3) is 0 Å². The lowest BCUT2D eigenvalue weighted by atomic mass is 10.0. The number of hydrogen-bond acceptors (Lipinski definition) is 3. The Kier molecular flexibility index (Phi) is 4.39. The summed E-state index contributed by atoms with van der Waals surface area (Å²) in [7, 11) is 0. The van der Waals surface area contributed by atoms with Crippen molar-refractivity contribution in [3.63, 3.8) is 0 Å². The fourth-order valence-corrected chi connectivity index (χ4v) is 1.69. The molecule has 0 aromatic rings. The first-order valence-electron chi connectivity index (χ1n) is 6.85. The summed E-state index contributed by atoms with van der Waals surface area (Å²) in [5, 5.41) is 9.95. The molecule has 0 aliphatic carbocycles. The molecule has 1 saturated heterocycles. The first kappa shape index (κ1) is 9.64. The van der Waals surface area contributed by atoms with Gasteiger partial charge in [-0.2, -0.15) is 0 Å². The molecular weight excluding hydrogens is 192 g/mol. The summed E-state index contributed by atoms with van der Waals surface area (Å²) >= 11 is 0. The van der Waals surface area contributed by atoms with Crippen LogP contribution in [0.25, 0.3) is 0 Å². The summed E-state index contributed by atoms with van der Waals surface area (Å²) in [6.45, 7) is 2.09. The van der Waals surface area contributed by atoms with Crippen molar-refractivity contribution in [3.05, 3.63) is 0 Å². The van der Waals surface area contributed by atoms with Crippen molar-refractivity contribution in [2.75, 3.05) is 0 Å². The van der Waals surface area contributed by atoms with Gasteiger partial charge in [0.15, 0.2) is 0 Å². The van der Waals surface area contributed by atoms with Gasteiger partial charge >= 0.3 is 5.97 Å². The van der Waals surface area contributed by atoms with E-state index in [1.807, 2.05) is 0 Å². The summed E-state index contributed by atoms with van der Waals surface area (Å²) in [6.07, 6.45) is 0.951. The molecule has 0 aromatic carbocycles. The number of hydrogen-bond donors (Lipinski definition) is 1. The number of cyclic esters (lactones) is 1. The lowest BCUT2D eigenvalue weighted by Crippen LogP contribution is -2.28. The first-order valence-corrected chi connectivity index (χ1v) is 5.85. The SMILES string of the molecule is [2H][C@@]1(O)CCCC(=O)O[C@@]1([2H])CCCCCC. The van der Waals surface area contributed by atoms with E-state index in [9.17, 15) is 9.90 Å². The number of rotatable bonds is 5. The molecule has 0 spiro atoms. The molecule has 88 valence electrons. The van der Waals surface area contributed by atoms with Gasteiger partial charge in [0.05, 0.1) is 8.82 Å². The van der Waals surface area contributed by atoms with Crippen LogP contribution >= 0.6 is 0 Å². The molecule has 0 unspecified atom stereocenters. The van der Waals surface area contributed by atoms with Gasteiger partial charge in [-0.05, 0) is 25.7 Å². The van der Waals surface area contributed by atoms with Crippen LogP contribution in [0.15, 0.2) is 0 Å². The molecule has 0 saturated carbocycles. The number of ether oxygens (including phenoxy) is 1. The largest absolute Gasteiger partial charge is 0.460 e. The monoisotopic (exact) mass is 216 g/mol. The van der Waals surface area contributed by atoms with Crippen LogP contribution < -0.4 is 0 Å². The van der Waals surface area contributed by atoms with Gasteiger partial charge in [0.2, 0.25) is 0 Å². The summed E-state index contributed by atoms with van der Waals surface area (Å²) in [6, 6.07) is 0. The van der Waals surface area contributed by atoms with Crippen molar-refractivity contribution >= 4 is 5.97 Å². The Morgan fingerprint density at radius 3 is 3.07 bits per heavy atom. The quantitative estimate of drug-likeness (QED) is 0.567. The van der Waals surface area contributed by atoms with E-state index in [4.69, 9.17) is 7.48 Å². The zero-order chi connectivity index (χ0) is 12.9. The molecule has 0 bridgehead atoms. The van der Waals surface area contributed by atoms with Crippen molar-refractivity contribution < 1.29 is 17.4 Å². The van der Waals surface area contributed by atoms with Gasteiger partial charge in [0, 0.05) is 6.42 Å². The maximum atomic E-state index is 11.3. The van der Waals surface area contributed by atoms with Gasteiger partial charge in [-0.3, -0.25) is 4.79 Å². The molecule has 0 amide bonds. The third kappa shape index (κ3) is 4.65. The smallest absolute Gasteiger partial charge is 0.306 e. The van der Waals surface area contributed by atoms with Crippen molar-refractivity contribution in [2.45, 2.75) is 70.5 Å². The standard InChI is InChI=1S/C12H22O3/c1-2-3-4-5-8-11-10(13)7-6-9-12(14)15-11/h10-11,13H,2-9H2,1H3/t10-,11+/m1/s1/i10D,11D. The molecule has 0 radical (unpaired) electrons. The van der Waals surface area contributed by atoms with Crippen LogP contribution in [0.3, 0.4) is 0 Å². The van der Waals surface area contributed by atoms with Crippen LogP contribution in [0, 0.1) is 0 Å². The second kappa shape index (κ2) is 6.83. The molecule has 1 aliphatic rings. The number of unbranched alkanes of at least 4 members (excludes halogenated alkanes) is 3. The van der Waals surface area contributed by atoms with Crippen LogP contribution in [0.5, 0.6) is 0 Å². The molecular formula is C12H22O3. The number of aliphatic hydroxyl groups is 1. The molecule has 15 heavy (non-hydrogen) atoms. The molecule has 2 atom stereocenters. The van der Waals surface area contributed by atoms with E-state index < -0.39 is 18.1 Å². The second-order valence-electron chi connectivity index (χ2n) is 4.01. The lowest BCUT2D eigenvalue weighted by Gasteiger charge is -2.19. The predicted octanol–water partition coefficient (Wildman–Crippen LogP) is 2.41. The molecule has 1 rings (SSSR count). The Labute approximate surface area is 94.6 Å². The Balaban J connectivity index is 2.62. The minimum absolute atomic E-state index is 0.121. The fourth-order valence-electron chi connectivity index (χ4n) is 1.69. The van der Waals surface area contributed by atoms with Gasteiger partial charge < -0.3 is 9.84 Å². The van der Waals surface area contributed by atoms with E-state index in [1.165, 1.54) is 0 Å². The number of carbonyl (C=O) groups is 1. The summed E-state index contributed by atoms with van der Waals surface area (Å²) < 4.78 is 20.8. The first-order chi connectivity index (χ1) is 7.91. The summed E-state index contributed by atoms with van der Waals surface area (Å²) in [4.78, 5) is 11.3. The highest BCUT2D eigenvalue weighted by Crippen LogP contribution is 2.19. The zero-order valence-corrected chi connectivity index (χ0v) is 9.42. The van der Waals surface area contributed by atoms with E-state index in [1.54, 1.807) is 0 Å². The van der Waals surface area contributed by atoms with Crippen LogP contribution in [0.1, 0.15) is 61.0 Å². The lowest BCUT2D eigenvalue weighted by molar-refractivity contribution is -0.152. The Hall–Kier alpha value is -0.570. The predicted molar refractivity (Wildman–Crippen MR) is 58.5 cm³/mol. The highest BCUT2D eigenvalue weighted by Gasteiger charge is 2.25. The van der Waals surface area contributed by atoms with Crippen molar-refractivity contribution in [3.8, 4) is 0 Å². The van der Waals surface area contributed by atoms with E-state index in [0.29, 0.717) is 12.8 Å². The molecule has 1 N–H and O–H groups in total. The maximum absolute atomic E-state index is 11.3. The molecule has 1 fully saturated rings. The zero-order valence-electron chi connectivity index (χ0n) is 11.4. The van der Waals surface area contributed by atoms with Crippen molar-refractivity contribution in [2.24, 2.45) is 0 Å². The molecule has 1 aliphatic heterocycles. The fraction of sp³-hybridized carbons (Fsp3) is 0.917. The molecule has 3 heteroatoms. The minimum atomic E-state index is -1.98. The average Bonchev–Trinajstić information content (AvgIpc) is 2.32. The summed E-state index contributed by atoms with van der Waals surface area (Å²) in [5.41, 5.74) is 0. The van der Waals surface area contributed by atoms with Crippen LogP contribution in [-0.2, 0) is 9.53 Å². The third-order valence-electron chi connectivity index (χ3n) is 2.61. The molecule has 1 heterocycles. The third-order valence-corrected chi connectivity index (χ3v) is 2.61. The maximum Gasteiger partial charge on any atom is 0.306 e. The van der Waals surface area contributed by atoms with Gasteiger partial charge in [-0.15, -0.1) is 0 Å². The van der Waals surface area contributed by atoms with E-state index in [2.05, 4.69) is 6.92 Å². The van der Waals surface area contributed by atoms with Crippen LogP contribution in [-0.4, -0.2) is 23.2 Å².